The number of nitrogens with zero attached hydrogens (tertiary/aromatic N) is 1. The second-order valence-electron chi connectivity index (χ2n) is 5.84. The molecule has 2 aromatic carbocycles. The van der Waals surface area contributed by atoms with E-state index < -0.39 is 0 Å². The number of benzene rings is 2. The Hall–Kier alpha value is -2.51. The number of thioether (sulfide) groups is 1. The van der Waals surface area contributed by atoms with Gasteiger partial charge in [0.15, 0.2) is 5.13 Å². The van der Waals surface area contributed by atoms with Crippen LogP contribution in [0.3, 0.4) is 0 Å². The van der Waals surface area contributed by atoms with Crippen molar-refractivity contribution in [2.24, 2.45) is 0 Å². The first-order chi connectivity index (χ1) is 13.1. The molecule has 0 aliphatic carbocycles. The van der Waals surface area contributed by atoms with Gasteiger partial charge in [0, 0.05) is 21.5 Å². The molecule has 140 valence electrons. The molecule has 3 rings (SSSR count). The summed E-state index contributed by atoms with van der Waals surface area (Å²) in [5.74, 6) is 0.725. The fraction of sp³-hybridized carbons (Fsp3) is 0.200. The molecule has 27 heavy (non-hydrogen) atoms. The van der Waals surface area contributed by atoms with E-state index in [9.17, 15) is 4.79 Å². The van der Waals surface area contributed by atoms with Crippen LogP contribution < -0.4 is 15.8 Å². The van der Waals surface area contributed by atoms with E-state index in [-0.39, 0.29) is 11.2 Å². The smallest absolute Gasteiger partial charge is 0.239 e. The maximum absolute atomic E-state index is 12.7. The lowest BCUT2D eigenvalue weighted by Gasteiger charge is -2.13. The van der Waals surface area contributed by atoms with Crippen molar-refractivity contribution < 1.29 is 9.53 Å². The molecule has 1 amide bonds. The van der Waals surface area contributed by atoms with Crippen molar-refractivity contribution in [3.63, 3.8) is 0 Å². The number of hydrogen-bond acceptors (Lipinski definition) is 6. The molecular formula is C20H21N3O2S2. The summed E-state index contributed by atoms with van der Waals surface area (Å²) >= 11 is 2.94. The molecule has 0 aliphatic rings. The second-order valence-corrected chi connectivity index (χ2v) is 7.98. The normalized spacial score (nSPS) is 11.8. The van der Waals surface area contributed by atoms with Crippen LogP contribution in [0.15, 0.2) is 58.8 Å². The zero-order chi connectivity index (χ0) is 19.2. The summed E-state index contributed by atoms with van der Waals surface area (Å²) in [5.41, 5.74) is 8.20. The highest BCUT2D eigenvalue weighted by Crippen LogP contribution is 2.30. The van der Waals surface area contributed by atoms with Crippen LogP contribution >= 0.6 is 23.1 Å². The molecule has 0 bridgehead atoms. The second kappa shape index (κ2) is 8.92. The van der Waals surface area contributed by atoms with E-state index in [4.69, 9.17) is 10.5 Å². The molecule has 5 nitrogen and oxygen atoms in total. The van der Waals surface area contributed by atoms with E-state index in [0.717, 1.165) is 28.3 Å². The molecule has 0 saturated heterocycles. The van der Waals surface area contributed by atoms with E-state index in [1.54, 1.807) is 7.11 Å². The number of nitrogens with two attached hydrogens (primary N) is 1. The zero-order valence-electron chi connectivity index (χ0n) is 15.1. The first-order valence-corrected chi connectivity index (χ1v) is 10.3. The third-order valence-corrected chi connectivity index (χ3v) is 6.06. The number of amides is 1. The van der Waals surface area contributed by atoms with Gasteiger partial charge < -0.3 is 15.8 Å². The van der Waals surface area contributed by atoms with Crippen LogP contribution in [0, 0.1) is 0 Å². The topological polar surface area (TPSA) is 77.2 Å². The first kappa shape index (κ1) is 19.3. The fourth-order valence-corrected chi connectivity index (χ4v) is 4.14. The minimum atomic E-state index is -0.196. The minimum Gasteiger partial charge on any atom is -0.497 e. The summed E-state index contributed by atoms with van der Waals surface area (Å²) in [6, 6.07) is 15.2. The number of thiazole rings is 1. The van der Waals surface area contributed by atoms with Crippen LogP contribution in [-0.4, -0.2) is 23.3 Å². The largest absolute Gasteiger partial charge is 0.497 e. The highest BCUT2D eigenvalue weighted by molar-refractivity contribution is 8.00. The number of anilines is 2. The first-order valence-electron chi connectivity index (χ1n) is 8.52. The van der Waals surface area contributed by atoms with Crippen molar-refractivity contribution in [3.05, 3.63) is 53.9 Å². The van der Waals surface area contributed by atoms with E-state index in [1.165, 1.54) is 23.1 Å². The number of nitrogen functional groups attached to an aromatic ring is 1. The number of methoxy groups -OCH3 is 1. The molecule has 0 radical (unpaired) electrons. The number of rotatable bonds is 7. The highest BCUT2D eigenvalue weighted by Gasteiger charge is 2.19. The van der Waals surface area contributed by atoms with Gasteiger partial charge in [0.05, 0.1) is 18.1 Å². The summed E-state index contributed by atoms with van der Waals surface area (Å²) in [6.07, 6.45) is 0.717. The van der Waals surface area contributed by atoms with E-state index >= 15 is 0 Å². The summed E-state index contributed by atoms with van der Waals surface area (Å²) in [5, 5.41) is 5.26. The van der Waals surface area contributed by atoms with Crippen molar-refractivity contribution in [1.29, 1.82) is 0 Å². The Morgan fingerprint density at radius 2 is 2.07 bits per heavy atom. The molecular weight excluding hydrogens is 378 g/mol. The van der Waals surface area contributed by atoms with Crippen molar-refractivity contribution >= 4 is 39.8 Å². The number of carbonyl (C=O) groups excluding carboxylic acids is 1. The van der Waals surface area contributed by atoms with Crippen LogP contribution in [0.25, 0.3) is 11.3 Å². The van der Waals surface area contributed by atoms with Gasteiger partial charge in [-0.25, -0.2) is 4.98 Å². The van der Waals surface area contributed by atoms with Crippen LogP contribution in [0.2, 0.25) is 0 Å². The third kappa shape index (κ3) is 5.02. The molecule has 3 aromatic rings. The van der Waals surface area contributed by atoms with Crippen LogP contribution in [0.5, 0.6) is 5.75 Å². The predicted octanol–water partition coefficient (Wildman–Crippen LogP) is 4.91. The summed E-state index contributed by atoms with van der Waals surface area (Å²) in [4.78, 5) is 18.2. The Morgan fingerprint density at radius 3 is 2.78 bits per heavy atom. The van der Waals surface area contributed by atoms with E-state index in [2.05, 4.69) is 10.3 Å². The van der Waals surface area contributed by atoms with Crippen molar-refractivity contribution in [2.45, 2.75) is 23.5 Å². The van der Waals surface area contributed by atoms with Crippen LogP contribution in [-0.2, 0) is 4.79 Å². The van der Waals surface area contributed by atoms with Gasteiger partial charge in [-0.3, -0.25) is 4.79 Å². The molecule has 0 aliphatic heterocycles. The number of carbonyl (C=O) groups is 1. The highest BCUT2D eigenvalue weighted by atomic mass is 32.2. The lowest BCUT2D eigenvalue weighted by molar-refractivity contribution is -0.115. The summed E-state index contributed by atoms with van der Waals surface area (Å²) in [6.45, 7) is 2.00. The standard InChI is InChI=1S/C20H21N3O2S2/c1-3-18(27-16-9-7-14(21)8-10-16)19(24)23-20-22-17(12-26-20)13-5-4-6-15(11-13)25-2/h4-12,18H,3,21H2,1-2H3,(H,22,23,24). The van der Waals surface area contributed by atoms with Gasteiger partial charge in [0.25, 0.3) is 0 Å². The molecule has 1 unspecified atom stereocenters. The van der Waals surface area contributed by atoms with Gasteiger partial charge in [-0.1, -0.05) is 19.1 Å². The van der Waals surface area contributed by atoms with Gasteiger partial charge in [-0.2, -0.15) is 0 Å². The fourth-order valence-electron chi connectivity index (χ4n) is 2.46. The van der Waals surface area contributed by atoms with Crippen molar-refractivity contribution in [3.8, 4) is 17.0 Å². The Labute approximate surface area is 167 Å². The van der Waals surface area contributed by atoms with Crippen LogP contribution in [0.4, 0.5) is 10.8 Å². The van der Waals surface area contributed by atoms with Crippen LogP contribution in [0.1, 0.15) is 13.3 Å². The average Bonchev–Trinajstić information content (AvgIpc) is 3.16. The van der Waals surface area contributed by atoms with Gasteiger partial charge in [-0.15, -0.1) is 23.1 Å². The Bertz CT molecular complexity index is 910. The number of nitrogens with one attached hydrogen (secondary N) is 1. The van der Waals surface area contributed by atoms with E-state index in [1.807, 2.05) is 60.8 Å². The van der Waals surface area contributed by atoms with Gasteiger partial charge in [0.2, 0.25) is 5.91 Å². The maximum atomic E-state index is 12.7. The molecule has 7 heteroatoms. The van der Waals surface area contributed by atoms with Crippen molar-refractivity contribution in [2.75, 3.05) is 18.2 Å². The number of hydrogen-bond donors (Lipinski definition) is 2. The van der Waals surface area contributed by atoms with Gasteiger partial charge >= 0.3 is 0 Å². The third-order valence-electron chi connectivity index (χ3n) is 3.92. The quantitative estimate of drug-likeness (QED) is 0.436. The zero-order valence-corrected chi connectivity index (χ0v) is 16.8. The van der Waals surface area contributed by atoms with E-state index in [0.29, 0.717) is 10.8 Å². The van der Waals surface area contributed by atoms with Gasteiger partial charge in [-0.05, 0) is 42.8 Å². The summed E-state index contributed by atoms with van der Waals surface area (Å²) in [7, 11) is 1.63. The Morgan fingerprint density at radius 1 is 1.30 bits per heavy atom. The molecule has 1 aromatic heterocycles. The average molecular weight is 400 g/mol. The Balaban J connectivity index is 1.67. The summed E-state index contributed by atoms with van der Waals surface area (Å²) < 4.78 is 5.25. The lowest BCUT2D eigenvalue weighted by atomic mass is 10.2. The number of ether oxygens (including phenoxy) is 1. The molecule has 1 heterocycles. The number of aromatic nitrogens is 1. The maximum Gasteiger partial charge on any atom is 0.239 e. The van der Waals surface area contributed by atoms with Crippen molar-refractivity contribution in [1.82, 2.24) is 4.98 Å². The molecule has 0 fully saturated rings. The molecule has 3 N–H and O–H groups in total. The monoisotopic (exact) mass is 399 g/mol. The SMILES string of the molecule is CCC(Sc1ccc(N)cc1)C(=O)Nc1nc(-c2cccc(OC)c2)cs1. The Kier molecular flexibility index (Phi) is 6.36. The minimum absolute atomic E-state index is 0.0501. The van der Waals surface area contributed by atoms with Gasteiger partial charge in [0.1, 0.15) is 5.75 Å². The predicted molar refractivity (Wildman–Crippen MR) is 114 cm³/mol. The molecule has 0 saturated carbocycles. The lowest BCUT2D eigenvalue weighted by Crippen LogP contribution is -2.24. The molecule has 1 atom stereocenters. The molecule has 0 spiro atoms.